The molecule has 2 aromatic heterocycles. The first-order valence-electron chi connectivity index (χ1n) is 10.3. The highest BCUT2D eigenvalue weighted by Crippen LogP contribution is 2.39. The molecule has 1 fully saturated rings. The summed E-state index contributed by atoms with van der Waals surface area (Å²) < 4.78 is 7.02. The van der Waals surface area contributed by atoms with Gasteiger partial charge in [0.1, 0.15) is 10.8 Å². The molecule has 2 heterocycles. The van der Waals surface area contributed by atoms with E-state index in [-0.39, 0.29) is 17.6 Å². The molecule has 1 amide bonds. The number of anilines is 1. The minimum Gasteiger partial charge on any atom is -0.465 e. The van der Waals surface area contributed by atoms with Gasteiger partial charge in [0.2, 0.25) is 5.91 Å². The second-order valence-corrected chi connectivity index (χ2v) is 9.66. The van der Waals surface area contributed by atoms with Crippen molar-refractivity contribution in [1.82, 2.24) is 14.8 Å². The van der Waals surface area contributed by atoms with Gasteiger partial charge in [0.05, 0.1) is 18.4 Å². The van der Waals surface area contributed by atoms with Crippen LogP contribution < -0.4 is 5.32 Å². The van der Waals surface area contributed by atoms with Gasteiger partial charge in [0.25, 0.3) is 0 Å². The number of ether oxygens (including phenoxy) is 1. The summed E-state index contributed by atoms with van der Waals surface area (Å²) in [4.78, 5) is 26.1. The van der Waals surface area contributed by atoms with Crippen LogP contribution in [0.5, 0.6) is 0 Å². The molecule has 0 atom stereocenters. The summed E-state index contributed by atoms with van der Waals surface area (Å²) in [5.74, 6) is 1.09. The zero-order valence-electron chi connectivity index (χ0n) is 17.1. The van der Waals surface area contributed by atoms with Crippen molar-refractivity contribution in [3.8, 4) is 0 Å². The number of thiophene rings is 1. The number of hydrogen-bond acceptors (Lipinski definition) is 7. The molecule has 160 valence electrons. The van der Waals surface area contributed by atoms with Gasteiger partial charge in [-0.3, -0.25) is 4.79 Å². The summed E-state index contributed by atoms with van der Waals surface area (Å²) in [6.07, 6.45) is 9.41. The maximum absolute atomic E-state index is 12.7. The summed E-state index contributed by atoms with van der Waals surface area (Å²) >= 11 is 2.85. The number of amides is 1. The van der Waals surface area contributed by atoms with Crippen LogP contribution in [0.1, 0.15) is 64.6 Å². The smallest absolute Gasteiger partial charge is 0.341 e. The Morgan fingerprint density at radius 1 is 1.30 bits per heavy atom. The lowest BCUT2D eigenvalue weighted by Gasteiger charge is -2.12. The third-order valence-electron chi connectivity index (χ3n) is 5.67. The number of fused-ring (bicyclic) bond motifs is 1. The van der Waals surface area contributed by atoms with E-state index in [0.717, 1.165) is 48.6 Å². The van der Waals surface area contributed by atoms with E-state index in [4.69, 9.17) is 4.74 Å². The van der Waals surface area contributed by atoms with Crippen LogP contribution in [-0.2, 0) is 28.9 Å². The lowest BCUT2D eigenvalue weighted by molar-refractivity contribution is -0.113. The van der Waals surface area contributed by atoms with Gasteiger partial charge in [-0.1, -0.05) is 30.7 Å². The van der Waals surface area contributed by atoms with Crippen LogP contribution in [0, 0.1) is 0 Å². The van der Waals surface area contributed by atoms with Crippen molar-refractivity contribution >= 4 is 40.0 Å². The second kappa shape index (κ2) is 9.34. The second-order valence-electron chi connectivity index (χ2n) is 7.61. The van der Waals surface area contributed by atoms with Crippen molar-refractivity contribution in [2.75, 3.05) is 18.2 Å². The van der Waals surface area contributed by atoms with Crippen LogP contribution in [0.3, 0.4) is 0 Å². The fourth-order valence-electron chi connectivity index (χ4n) is 4.30. The predicted molar refractivity (Wildman–Crippen MR) is 118 cm³/mol. The molecule has 0 aliphatic heterocycles. The molecular formula is C21H26N4O3S2. The molecule has 1 saturated carbocycles. The Kier molecular flexibility index (Phi) is 6.58. The van der Waals surface area contributed by atoms with Crippen molar-refractivity contribution in [2.24, 2.45) is 0 Å². The topological polar surface area (TPSA) is 86.1 Å². The molecule has 4 rings (SSSR count). The number of carbonyl (C=O) groups is 2. The van der Waals surface area contributed by atoms with Crippen LogP contribution in [0.25, 0.3) is 0 Å². The number of esters is 1. The maximum Gasteiger partial charge on any atom is 0.341 e. The number of nitrogens with one attached hydrogen (secondary N) is 1. The number of allylic oxidation sites excluding steroid dienone is 1. The Bertz CT molecular complexity index is 960. The number of methoxy groups -OCH3 is 1. The molecule has 0 radical (unpaired) electrons. The minimum atomic E-state index is -0.385. The van der Waals surface area contributed by atoms with E-state index in [1.54, 1.807) is 0 Å². The third kappa shape index (κ3) is 4.18. The number of nitrogens with zero attached hydrogens (tertiary/aromatic N) is 3. The van der Waals surface area contributed by atoms with Crippen molar-refractivity contribution < 1.29 is 14.3 Å². The molecule has 1 N–H and O–H groups in total. The molecule has 2 aliphatic rings. The molecule has 0 unspecified atom stereocenters. The first kappa shape index (κ1) is 21.1. The largest absolute Gasteiger partial charge is 0.465 e. The van der Waals surface area contributed by atoms with E-state index in [9.17, 15) is 9.59 Å². The Morgan fingerprint density at radius 3 is 2.83 bits per heavy atom. The lowest BCUT2D eigenvalue weighted by atomic mass is 10.1. The Balaban J connectivity index is 1.45. The molecule has 0 spiro atoms. The summed E-state index contributed by atoms with van der Waals surface area (Å²) in [6.45, 7) is 4.48. The highest BCUT2D eigenvalue weighted by molar-refractivity contribution is 7.99. The van der Waals surface area contributed by atoms with E-state index in [1.807, 2.05) is 6.08 Å². The molecule has 9 heteroatoms. The van der Waals surface area contributed by atoms with Gasteiger partial charge < -0.3 is 14.6 Å². The van der Waals surface area contributed by atoms with E-state index in [2.05, 4.69) is 26.7 Å². The van der Waals surface area contributed by atoms with Crippen molar-refractivity contribution in [3.63, 3.8) is 0 Å². The SMILES string of the molecule is C=CCn1c(SCC(=O)Nc2sc3c(c2C(=O)OC)CCC3)nnc1C1CCCC1. The highest BCUT2D eigenvalue weighted by Gasteiger charge is 2.28. The number of thioether (sulfide) groups is 1. The van der Waals surface area contributed by atoms with Crippen LogP contribution >= 0.6 is 23.1 Å². The summed E-state index contributed by atoms with van der Waals surface area (Å²) in [6, 6.07) is 0. The zero-order chi connectivity index (χ0) is 21.1. The minimum absolute atomic E-state index is 0.166. The van der Waals surface area contributed by atoms with E-state index in [1.165, 1.54) is 47.9 Å². The molecular weight excluding hydrogens is 420 g/mol. The third-order valence-corrected chi connectivity index (χ3v) is 7.85. The van der Waals surface area contributed by atoms with Gasteiger partial charge in [-0.05, 0) is 37.7 Å². The normalized spacial score (nSPS) is 15.9. The fraction of sp³-hybridized carbons (Fsp3) is 0.524. The molecule has 0 saturated heterocycles. The van der Waals surface area contributed by atoms with Gasteiger partial charge in [0.15, 0.2) is 5.16 Å². The maximum atomic E-state index is 12.7. The first-order chi connectivity index (χ1) is 14.6. The Hall–Kier alpha value is -2.13. The van der Waals surface area contributed by atoms with Gasteiger partial charge >= 0.3 is 5.97 Å². The van der Waals surface area contributed by atoms with Gasteiger partial charge in [-0.15, -0.1) is 28.1 Å². The lowest BCUT2D eigenvalue weighted by Crippen LogP contribution is -2.17. The summed E-state index contributed by atoms with van der Waals surface area (Å²) in [5, 5.41) is 13.0. The van der Waals surface area contributed by atoms with Crippen LogP contribution in [0.4, 0.5) is 5.00 Å². The first-order valence-corrected chi connectivity index (χ1v) is 12.1. The quantitative estimate of drug-likeness (QED) is 0.372. The highest BCUT2D eigenvalue weighted by atomic mass is 32.2. The number of hydrogen-bond donors (Lipinski definition) is 1. The van der Waals surface area contributed by atoms with Crippen LogP contribution in [0.15, 0.2) is 17.8 Å². The number of carbonyl (C=O) groups excluding carboxylic acids is 2. The van der Waals surface area contributed by atoms with Crippen molar-refractivity contribution in [2.45, 2.75) is 62.6 Å². The van der Waals surface area contributed by atoms with E-state index < -0.39 is 0 Å². The number of aromatic nitrogens is 3. The molecule has 2 aliphatic carbocycles. The van der Waals surface area contributed by atoms with E-state index >= 15 is 0 Å². The summed E-state index contributed by atoms with van der Waals surface area (Å²) in [5.41, 5.74) is 1.55. The van der Waals surface area contributed by atoms with Crippen molar-refractivity contribution in [1.29, 1.82) is 0 Å². The number of rotatable bonds is 8. The summed E-state index contributed by atoms with van der Waals surface area (Å²) in [7, 11) is 1.37. The van der Waals surface area contributed by atoms with Crippen LogP contribution in [0.2, 0.25) is 0 Å². The molecule has 0 bridgehead atoms. The van der Waals surface area contributed by atoms with Crippen LogP contribution in [-0.4, -0.2) is 39.5 Å². The molecule has 7 nitrogen and oxygen atoms in total. The van der Waals surface area contributed by atoms with Gasteiger partial charge in [0, 0.05) is 17.3 Å². The molecule has 0 aromatic carbocycles. The monoisotopic (exact) mass is 446 g/mol. The van der Waals surface area contributed by atoms with E-state index in [0.29, 0.717) is 23.0 Å². The predicted octanol–water partition coefficient (Wildman–Crippen LogP) is 4.19. The van der Waals surface area contributed by atoms with Gasteiger partial charge in [-0.2, -0.15) is 0 Å². The fourth-order valence-corrected chi connectivity index (χ4v) is 6.35. The Labute approximate surface area is 184 Å². The standard InChI is InChI=1S/C21H26N4O3S2/c1-3-11-25-18(13-7-4-5-8-13)23-24-21(25)29-12-16(26)22-19-17(20(27)28-2)14-9-6-10-15(14)30-19/h3,13H,1,4-12H2,2H3,(H,22,26). The Morgan fingerprint density at radius 2 is 2.10 bits per heavy atom. The average Bonchev–Trinajstić information content (AvgIpc) is 3.50. The zero-order valence-corrected chi connectivity index (χ0v) is 18.7. The molecule has 2 aromatic rings. The van der Waals surface area contributed by atoms with Gasteiger partial charge in [-0.25, -0.2) is 4.79 Å². The molecule has 30 heavy (non-hydrogen) atoms. The average molecular weight is 447 g/mol. The van der Waals surface area contributed by atoms with Crippen molar-refractivity contribution in [3.05, 3.63) is 34.5 Å². The number of aryl methyl sites for hydroxylation is 1.